The van der Waals surface area contributed by atoms with Crippen LogP contribution in [0.4, 0.5) is 5.69 Å². The minimum Gasteiger partial charge on any atom is -0.321 e. The monoisotopic (exact) mass is 260 g/mol. The third kappa shape index (κ3) is 3.25. The van der Waals surface area contributed by atoms with E-state index in [4.69, 9.17) is 11.6 Å². The van der Waals surface area contributed by atoms with Crippen LogP contribution in [0.15, 0.2) is 42.5 Å². The molecule has 94 valence electrons. The summed E-state index contributed by atoms with van der Waals surface area (Å²) < 4.78 is 0. The lowest BCUT2D eigenvalue weighted by Gasteiger charge is -2.10. The predicted octanol–water partition coefficient (Wildman–Crippen LogP) is 4.07. The van der Waals surface area contributed by atoms with Crippen molar-refractivity contribution < 1.29 is 0 Å². The summed E-state index contributed by atoms with van der Waals surface area (Å²) in [6.07, 6.45) is 0. The number of benzene rings is 2. The molecule has 0 amide bonds. The summed E-state index contributed by atoms with van der Waals surface area (Å²) in [5.74, 6) is 0. The van der Waals surface area contributed by atoms with Gasteiger partial charge in [0.25, 0.3) is 0 Å². The Hall–Kier alpha value is -1.51. The third-order valence-corrected chi connectivity index (χ3v) is 3.39. The van der Waals surface area contributed by atoms with Gasteiger partial charge in [0.2, 0.25) is 0 Å². The molecule has 0 atom stereocenters. The zero-order valence-electron chi connectivity index (χ0n) is 10.6. The van der Waals surface area contributed by atoms with Gasteiger partial charge in [-0.25, -0.2) is 5.43 Å². The van der Waals surface area contributed by atoms with Crippen molar-refractivity contribution in [3.63, 3.8) is 0 Å². The highest BCUT2D eigenvalue weighted by Gasteiger charge is 2.02. The number of anilines is 1. The number of hydrogen-bond donors (Lipinski definition) is 2. The van der Waals surface area contributed by atoms with Gasteiger partial charge in [-0.05, 0) is 42.7 Å². The van der Waals surface area contributed by atoms with Gasteiger partial charge in [-0.1, -0.05) is 41.9 Å². The molecule has 0 saturated heterocycles. The first kappa shape index (κ1) is 12.9. The average Bonchev–Trinajstić information content (AvgIpc) is 2.37. The number of halogens is 1. The smallest absolute Gasteiger partial charge is 0.0487 e. The molecule has 0 fully saturated rings. The molecule has 2 aromatic carbocycles. The minimum absolute atomic E-state index is 0.758. The Kier molecular flexibility index (Phi) is 4.24. The van der Waals surface area contributed by atoms with E-state index in [1.165, 1.54) is 5.56 Å². The first-order valence-electron chi connectivity index (χ1n) is 5.96. The lowest BCUT2D eigenvalue weighted by Crippen LogP contribution is -2.20. The summed E-state index contributed by atoms with van der Waals surface area (Å²) in [5, 5.41) is 0.856. The van der Waals surface area contributed by atoms with E-state index < -0.39 is 0 Å². The second-order valence-corrected chi connectivity index (χ2v) is 4.77. The lowest BCUT2D eigenvalue weighted by atomic mass is 10.1. The Morgan fingerprint density at radius 3 is 2.22 bits per heavy atom. The number of hydrogen-bond acceptors (Lipinski definition) is 2. The molecule has 3 heteroatoms. The Labute approximate surface area is 113 Å². The number of nitrogens with one attached hydrogen (secondary N) is 2. The molecule has 0 saturated carbocycles. The molecule has 18 heavy (non-hydrogen) atoms. The van der Waals surface area contributed by atoms with Gasteiger partial charge >= 0.3 is 0 Å². The van der Waals surface area contributed by atoms with Crippen molar-refractivity contribution in [2.75, 3.05) is 5.43 Å². The quantitative estimate of drug-likeness (QED) is 0.810. The predicted molar refractivity (Wildman–Crippen MR) is 77.8 cm³/mol. The van der Waals surface area contributed by atoms with E-state index in [1.54, 1.807) is 0 Å². The summed E-state index contributed by atoms with van der Waals surface area (Å²) in [7, 11) is 0. The highest BCUT2D eigenvalue weighted by atomic mass is 35.5. The molecule has 0 heterocycles. The van der Waals surface area contributed by atoms with Gasteiger partial charge in [-0.3, -0.25) is 0 Å². The van der Waals surface area contributed by atoms with Crippen LogP contribution in [0.3, 0.4) is 0 Å². The van der Waals surface area contributed by atoms with Crippen LogP contribution in [0.1, 0.15) is 16.7 Å². The molecule has 0 aliphatic heterocycles. The van der Waals surface area contributed by atoms with Crippen LogP contribution in [-0.4, -0.2) is 0 Å². The van der Waals surface area contributed by atoms with Crippen molar-refractivity contribution in [1.82, 2.24) is 5.43 Å². The van der Waals surface area contributed by atoms with E-state index in [-0.39, 0.29) is 0 Å². The van der Waals surface area contributed by atoms with E-state index in [9.17, 15) is 0 Å². The molecular formula is C15H17ClN2. The summed E-state index contributed by atoms with van der Waals surface area (Å²) >= 11 is 6.14. The molecule has 0 aliphatic carbocycles. The minimum atomic E-state index is 0.758. The first-order valence-corrected chi connectivity index (χ1v) is 6.34. The van der Waals surface area contributed by atoms with Crippen LogP contribution in [0.25, 0.3) is 0 Å². The van der Waals surface area contributed by atoms with Gasteiger partial charge in [0.1, 0.15) is 0 Å². The van der Waals surface area contributed by atoms with E-state index in [0.29, 0.717) is 0 Å². The van der Waals surface area contributed by atoms with Crippen LogP contribution in [0, 0.1) is 13.8 Å². The highest BCUT2D eigenvalue weighted by Crippen LogP contribution is 2.21. The van der Waals surface area contributed by atoms with E-state index in [0.717, 1.165) is 28.4 Å². The SMILES string of the molecule is Cc1cc(CNNc2ccccc2)cc(C)c1Cl. The Morgan fingerprint density at radius 2 is 1.61 bits per heavy atom. The van der Waals surface area contributed by atoms with Crippen LogP contribution < -0.4 is 10.9 Å². The first-order chi connectivity index (χ1) is 8.66. The second-order valence-electron chi connectivity index (χ2n) is 4.39. The topological polar surface area (TPSA) is 24.1 Å². The van der Waals surface area contributed by atoms with Gasteiger partial charge in [-0.15, -0.1) is 0 Å². The number of para-hydroxylation sites is 1. The van der Waals surface area contributed by atoms with E-state index in [2.05, 4.69) is 23.0 Å². The van der Waals surface area contributed by atoms with E-state index in [1.807, 2.05) is 44.2 Å². The van der Waals surface area contributed by atoms with Gasteiger partial charge in [0, 0.05) is 17.3 Å². The van der Waals surface area contributed by atoms with Gasteiger partial charge in [-0.2, -0.15) is 0 Å². The molecule has 0 radical (unpaired) electrons. The normalized spacial score (nSPS) is 10.4. The van der Waals surface area contributed by atoms with Crippen LogP contribution >= 0.6 is 11.6 Å². The van der Waals surface area contributed by atoms with Crippen LogP contribution in [0.2, 0.25) is 5.02 Å². The van der Waals surface area contributed by atoms with Crippen molar-refractivity contribution >= 4 is 17.3 Å². The number of rotatable bonds is 4. The maximum atomic E-state index is 6.14. The maximum absolute atomic E-state index is 6.14. The largest absolute Gasteiger partial charge is 0.321 e. The van der Waals surface area contributed by atoms with Gasteiger partial charge < -0.3 is 5.43 Å². The Morgan fingerprint density at radius 1 is 1.00 bits per heavy atom. The fourth-order valence-electron chi connectivity index (χ4n) is 1.91. The van der Waals surface area contributed by atoms with Crippen molar-refractivity contribution in [1.29, 1.82) is 0 Å². The van der Waals surface area contributed by atoms with Crippen LogP contribution in [0.5, 0.6) is 0 Å². The summed E-state index contributed by atoms with van der Waals surface area (Å²) in [4.78, 5) is 0. The molecule has 0 aliphatic rings. The fraction of sp³-hybridized carbons (Fsp3) is 0.200. The zero-order chi connectivity index (χ0) is 13.0. The standard InChI is InChI=1S/C15H17ClN2/c1-11-8-13(9-12(2)15(11)16)10-17-18-14-6-4-3-5-7-14/h3-9,17-18H,10H2,1-2H3. The summed E-state index contributed by atoms with van der Waals surface area (Å²) in [6, 6.07) is 14.2. The van der Waals surface area contributed by atoms with Crippen molar-refractivity contribution in [3.05, 3.63) is 64.2 Å². The molecule has 2 rings (SSSR count). The molecule has 2 aromatic rings. The molecule has 0 bridgehead atoms. The van der Waals surface area contributed by atoms with Crippen molar-refractivity contribution in [2.24, 2.45) is 0 Å². The second kappa shape index (κ2) is 5.89. The average molecular weight is 261 g/mol. The van der Waals surface area contributed by atoms with Gasteiger partial charge in [0.15, 0.2) is 0 Å². The van der Waals surface area contributed by atoms with Gasteiger partial charge in [0.05, 0.1) is 0 Å². The van der Waals surface area contributed by atoms with Crippen molar-refractivity contribution in [3.8, 4) is 0 Å². The number of aryl methyl sites for hydroxylation is 2. The maximum Gasteiger partial charge on any atom is 0.0487 e. The zero-order valence-corrected chi connectivity index (χ0v) is 11.4. The lowest BCUT2D eigenvalue weighted by molar-refractivity contribution is 0.800. The van der Waals surface area contributed by atoms with E-state index >= 15 is 0 Å². The Balaban J connectivity index is 1.95. The molecule has 0 unspecified atom stereocenters. The Bertz CT molecular complexity index is 500. The van der Waals surface area contributed by atoms with Crippen molar-refractivity contribution in [2.45, 2.75) is 20.4 Å². The number of hydrazine groups is 1. The summed E-state index contributed by atoms with van der Waals surface area (Å²) in [5.41, 5.74) is 10.9. The summed E-state index contributed by atoms with van der Waals surface area (Å²) in [6.45, 7) is 4.82. The molecule has 2 nitrogen and oxygen atoms in total. The third-order valence-electron chi connectivity index (χ3n) is 2.80. The highest BCUT2D eigenvalue weighted by molar-refractivity contribution is 6.32. The molecule has 0 aromatic heterocycles. The van der Waals surface area contributed by atoms with Crippen LogP contribution in [-0.2, 0) is 6.54 Å². The molecular weight excluding hydrogens is 244 g/mol. The molecule has 0 spiro atoms. The molecule has 2 N–H and O–H groups in total. The fourth-order valence-corrected chi connectivity index (χ4v) is 2.02.